The number of aryl methyl sites for hydroxylation is 1. The molecule has 3 N–H and O–H groups in total. The minimum atomic E-state index is -0.107. The molecule has 3 heteroatoms. The number of nitrogens with two attached hydrogens (primary N) is 1. The van der Waals surface area contributed by atoms with E-state index >= 15 is 0 Å². The third-order valence-electron chi connectivity index (χ3n) is 3.59. The SMILES string of the molecule is CCc1ccc(C(NN)c2ccc(C(C)(C)C)cc2)o1. The highest BCUT2D eigenvalue weighted by Crippen LogP contribution is 2.27. The smallest absolute Gasteiger partial charge is 0.126 e. The third kappa shape index (κ3) is 3.11. The van der Waals surface area contributed by atoms with Gasteiger partial charge in [-0.2, -0.15) is 0 Å². The summed E-state index contributed by atoms with van der Waals surface area (Å²) in [5, 5.41) is 0. The van der Waals surface area contributed by atoms with Crippen LogP contribution in [0, 0.1) is 0 Å². The van der Waals surface area contributed by atoms with Crippen molar-refractivity contribution in [3.8, 4) is 0 Å². The van der Waals surface area contributed by atoms with Crippen molar-refractivity contribution < 1.29 is 4.42 Å². The Morgan fingerprint density at radius 3 is 2.20 bits per heavy atom. The standard InChI is InChI=1S/C17H24N2O/c1-5-14-10-11-15(20-14)16(19-18)12-6-8-13(9-7-12)17(2,3)4/h6-11,16,19H,5,18H2,1-4H3. The zero-order valence-electron chi connectivity index (χ0n) is 12.7. The lowest BCUT2D eigenvalue weighted by Gasteiger charge is -2.20. The summed E-state index contributed by atoms with van der Waals surface area (Å²) in [6, 6.07) is 12.4. The van der Waals surface area contributed by atoms with E-state index in [1.54, 1.807) is 0 Å². The van der Waals surface area contributed by atoms with Gasteiger partial charge in [0.2, 0.25) is 0 Å². The molecule has 2 rings (SSSR count). The van der Waals surface area contributed by atoms with Gasteiger partial charge in [-0.05, 0) is 28.7 Å². The Hall–Kier alpha value is -1.58. The van der Waals surface area contributed by atoms with E-state index < -0.39 is 0 Å². The largest absolute Gasteiger partial charge is 0.464 e. The first kappa shape index (κ1) is 14.8. The number of furan rings is 1. The molecule has 1 heterocycles. The maximum Gasteiger partial charge on any atom is 0.126 e. The summed E-state index contributed by atoms with van der Waals surface area (Å²) in [5.74, 6) is 7.53. The Kier molecular flexibility index (Phi) is 4.31. The molecule has 1 aromatic carbocycles. The van der Waals surface area contributed by atoms with Crippen LogP contribution in [0.3, 0.4) is 0 Å². The topological polar surface area (TPSA) is 51.2 Å². The minimum Gasteiger partial charge on any atom is -0.464 e. The summed E-state index contributed by atoms with van der Waals surface area (Å²) in [6.07, 6.45) is 0.889. The zero-order chi connectivity index (χ0) is 14.8. The van der Waals surface area contributed by atoms with Gasteiger partial charge < -0.3 is 4.42 Å². The van der Waals surface area contributed by atoms with Crippen LogP contribution >= 0.6 is 0 Å². The molecule has 0 amide bonds. The molecule has 0 spiro atoms. The van der Waals surface area contributed by atoms with Crippen LogP contribution in [0.15, 0.2) is 40.8 Å². The lowest BCUT2D eigenvalue weighted by Crippen LogP contribution is -2.28. The van der Waals surface area contributed by atoms with Crippen LogP contribution in [0.1, 0.15) is 56.4 Å². The number of rotatable bonds is 4. The molecule has 0 radical (unpaired) electrons. The first-order chi connectivity index (χ1) is 9.45. The van der Waals surface area contributed by atoms with Gasteiger partial charge in [-0.1, -0.05) is 52.0 Å². The van der Waals surface area contributed by atoms with Crippen molar-refractivity contribution in [3.05, 3.63) is 59.0 Å². The van der Waals surface area contributed by atoms with Gasteiger partial charge in [-0.3, -0.25) is 5.84 Å². The molecule has 2 aromatic rings. The van der Waals surface area contributed by atoms with Crippen molar-refractivity contribution >= 4 is 0 Å². The molecule has 20 heavy (non-hydrogen) atoms. The Bertz CT molecular complexity index is 549. The molecular formula is C17H24N2O. The summed E-state index contributed by atoms with van der Waals surface area (Å²) in [7, 11) is 0. The van der Waals surface area contributed by atoms with Crippen LogP contribution in [0.4, 0.5) is 0 Å². The van der Waals surface area contributed by atoms with Gasteiger partial charge in [0.25, 0.3) is 0 Å². The third-order valence-corrected chi connectivity index (χ3v) is 3.59. The molecule has 1 atom stereocenters. The van der Waals surface area contributed by atoms with Crippen molar-refractivity contribution in [2.24, 2.45) is 5.84 Å². The van der Waals surface area contributed by atoms with E-state index in [4.69, 9.17) is 10.3 Å². The van der Waals surface area contributed by atoms with Crippen molar-refractivity contribution in [2.75, 3.05) is 0 Å². The lowest BCUT2D eigenvalue weighted by molar-refractivity contribution is 0.425. The summed E-state index contributed by atoms with van der Waals surface area (Å²) in [5.41, 5.74) is 5.41. The second-order valence-electron chi connectivity index (χ2n) is 6.13. The van der Waals surface area contributed by atoms with Crippen LogP contribution in [-0.2, 0) is 11.8 Å². The maximum absolute atomic E-state index is 5.80. The monoisotopic (exact) mass is 272 g/mol. The Balaban J connectivity index is 2.28. The molecule has 0 aliphatic rings. The van der Waals surface area contributed by atoms with Crippen molar-refractivity contribution in [1.82, 2.24) is 5.43 Å². The molecule has 0 saturated carbocycles. The quantitative estimate of drug-likeness (QED) is 0.659. The number of hydrazine groups is 1. The van der Waals surface area contributed by atoms with Gasteiger partial charge in [0, 0.05) is 6.42 Å². The average molecular weight is 272 g/mol. The molecule has 0 saturated heterocycles. The highest BCUT2D eigenvalue weighted by atomic mass is 16.3. The summed E-state index contributed by atoms with van der Waals surface area (Å²) < 4.78 is 5.80. The van der Waals surface area contributed by atoms with Gasteiger partial charge in [0.15, 0.2) is 0 Å². The van der Waals surface area contributed by atoms with Crippen molar-refractivity contribution in [2.45, 2.75) is 45.6 Å². The normalized spacial score (nSPS) is 13.4. The predicted octanol–water partition coefficient (Wildman–Crippen LogP) is 3.69. The zero-order valence-corrected chi connectivity index (χ0v) is 12.7. The van der Waals surface area contributed by atoms with E-state index in [1.807, 2.05) is 12.1 Å². The second-order valence-corrected chi connectivity index (χ2v) is 6.13. The molecule has 0 bridgehead atoms. The molecule has 108 valence electrons. The van der Waals surface area contributed by atoms with Crippen LogP contribution in [0.25, 0.3) is 0 Å². The highest BCUT2D eigenvalue weighted by molar-refractivity contribution is 5.32. The molecular weight excluding hydrogens is 248 g/mol. The summed E-state index contributed by atoms with van der Waals surface area (Å²) in [4.78, 5) is 0. The van der Waals surface area contributed by atoms with Crippen molar-refractivity contribution in [3.63, 3.8) is 0 Å². The van der Waals surface area contributed by atoms with Gasteiger partial charge in [0.05, 0.1) is 0 Å². The second kappa shape index (κ2) is 5.81. The fourth-order valence-electron chi connectivity index (χ4n) is 2.26. The van der Waals surface area contributed by atoms with E-state index in [0.717, 1.165) is 23.5 Å². The van der Waals surface area contributed by atoms with E-state index in [9.17, 15) is 0 Å². The maximum atomic E-state index is 5.80. The minimum absolute atomic E-state index is 0.107. The number of hydrogen-bond donors (Lipinski definition) is 2. The lowest BCUT2D eigenvalue weighted by atomic mass is 9.86. The fraction of sp³-hybridized carbons (Fsp3) is 0.412. The van der Waals surface area contributed by atoms with E-state index in [2.05, 4.69) is 57.4 Å². The van der Waals surface area contributed by atoms with Crippen LogP contribution < -0.4 is 11.3 Å². The molecule has 1 unspecified atom stereocenters. The molecule has 0 aliphatic heterocycles. The van der Waals surface area contributed by atoms with Gasteiger partial charge in [0.1, 0.15) is 17.6 Å². The Morgan fingerprint density at radius 2 is 1.75 bits per heavy atom. The highest BCUT2D eigenvalue weighted by Gasteiger charge is 2.18. The number of hydrogen-bond acceptors (Lipinski definition) is 3. The molecule has 0 aliphatic carbocycles. The van der Waals surface area contributed by atoms with Crippen LogP contribution in [0.2, 0.25) is 0 Å². The van der Waals surface area contributed by atoms with Gasteiger partial charge in [-0.25, -0.2) is 5.43 Å². The predicted molar refractivity (Wildman–Crippen MR) is 82.4 cm³/mol. The van der Waals surface area contributed by atoms with E-state index in [0.29, 0.717) is 0 Å². The Labute approximate surface area is 121 Å². The Morgan fingerprint density at radius 1 is 1.10 bits per heavy atom. The van der Waals surface area contributed by atoms with Crippen LogP contribution in [0.5, 0.6) is 0 Å². The fourth-order valence-corrected chi connectivity index (χ4v) is 2.26. The summed E-state index contributed by atoms with van der Waals surface area (Å²) in [6.45, 7) is 8.70. The van der Waals surface area contributed by atoms with E-state index in [1.165, 1.54) is 5.56 Å². The average Bonchev–Trinajstić information content (AvgIpc) is 2.88. The number of nitrogens with one attached hydrogen (secondary N) is 1. The molecule has 1 aromatic heterocycles. The first-order valence-electron chi connectivity index (χ1n) is 7.11. The summed E-state index contributed by atoms with van der Waals surface area (Å²) >= 11 is 0. The van der Waals surface area contributed by atoms with Gasteiger partial charge in [-0.15, -0.1) is 0 Å². The van der Waals surface area contributed by atoms with Gasteiger partial charge >= 0.3 is 0 Å². The molecule has 3 nitrogen and oxygen atoms in total. The first-order valence-corrected chi connectivity index (χ1v) is 7.11. The molecule has 0 fully saturated rings. The van der Waals surface area contributed by atoms with Crippen molar-refractivity contribution in [1.29, 1.82) is 0 Å². The number of benzene rings is 1. The van der Waals surface area contributed by atoms with E-state index in [-0.39, 0.29) is 11.5 Å². The van der Waals surface area contributed by atoms with Crippen LogP contribution in [-0.4, -0.2) is 0 Å².